The van der Waals surface area contributed by atoms with E-state index < -0.39 is 0 Å². The molecule has 0 aromatic heterocycles. The van der Waals surface area contributed by atoms with Gasteiger partial charge in [-0.25, -0.2) is 0 Å². The Morgan fingerprint density at radius 1 is 1.00 bits per heavy atom. The zero-order chi connectivity index (χ0) is 6.85. The molecule has 1 N–H and O–H groups in total. The molecule has 1 fully saturated rings. The molecule has 0 aromatic rings. The van der Waals surface area contributed by atoms with Gasteiger partial charge >= 0.3 is 0 Å². The van der Waals surface area contributed by atoms with Crippen molar-refractivity contribution >= 4 is 23.5 Å². The Labute approximate surface area is 65.4 Å². The maximum absolute atomic E-state index is 3.44. The van der Waals surface area contributed by atoms with Gasteiger partial charge in [-0.1, -0.05) is 0 Å². The molecule has 0 saturated carbocycles. The van der Waals surface area contributed by atoms with Crippen LogP contribution in [0.3, 0.4) is 0 Å². The lowest BCUT2D eigenvalue weighted by Gasteiger charge is -2.29. The summed E-state index contributed by atoms with van der Waals surface area (Å²) in [4.78, 5) is 0. The van der Waals surface area contributed by atoms with Gasteiger partial charge in [0.2, 0.25) is 0 Å². The largest absolute Gasteiger partial charge is 0.294 e. The van der Waals surface area contributed by atoms with Crippen LogP contribution in [0.2, 0.25) is 0 Å². The fourth-order valence-corrected chi connectivity index (χ4v) is 4.07. The topological polar surface area (TPSA) is 12.0 Å². The average molecular weight is 163 g/mol. The molecule has 9 heavy (non-hydrogen) atoms. The third-order valence-electron chi connectivity index (χ3n) is 1.26. The molecule has 1 saturated heterocycles. The van der Waals surface area contributed by atoms with Crippen LogP contribution in [-0.2, 0) is 0 Å². The van der Waals surface area contributed by atoms with E-state index in [9.17, 15) is 0 Å². The zero-order valence-corrected chi connectivity index (χ0v) is 7.68. The lowest BCUT2D eigenvalue weighted by Crippen LogP contribution is -2.36. The summed E-state index contributed by atoms with van der Waals surface area (Å²) >= 11 is 3.99. The molecule has 0 bridgehead atoms. The molecule has 0 aliphatic carbocycles. The molecule has 3 heteroatoms. The van der Waals surface area contributed by atoms with Crippen molar-refractivity contribution in [3.05, 3.63) is 0 Å². The van der Waals surface area contributed by atoms with Gasteiger partial charge in [0.1, 0.15) is 0 Å². The molecule has 1 heterocycles. The van der Waals surface area contributed by atoms with Gasteiger partial charge in [0.15, 0.2) is 0 Å². The molecule has 1 aliphatic heterocycles. The van der Waals surface area contributed by atoms with Crippen molar-refractivity contribution in [2.75, 3.05) is 0 Å². The molecular weight excluding hydrogens is 150 g/mol. The Morgan fingerprint density at radius 3 is 1.78 bits per heavy atom. The monoisotopic (exact) mass is 163 g/mol. The van der Waals surface area contributed by atoms with Gasteiger partial charge in [-0.3, -0.25) is 5.32 Å². The molecule has 54 valence electrons. The lowest BCUT2D eigenvalue weighted by molar-refractivity contribution is 0.674. The Morgan fingerprint density at radius 2 is 1.44 bits per heavy atom. The summed E-state index contributed by atoms with van der Waals surface area (Å²) < 4.78 is 0.760. The molecular formula is C6H13NS2. The highest BCUT2D eigenvalue weighted by atomic mass is 32.2. The van der Waals surface area contributed by atoms with E-state index in [1.54, 1.807) is 0 Å². The first-order valence-electron chi connectivity index (χ1n) is 3.25. The SMILES string of the molecule is CC1S[C@H](C)N[C@H](C)S1. The lowest BCUT2D eigenvalue weighted by atomic mass is 10.6. The summed E-state index contributed by atoms with van der Waals surface area (Å²) in [6.07, 6.45) is 0. The summed E-state index contributed by atoms with van der Waals surface area (Å²) in [6.45, 7) is 6.71. The van der Waals surface area contributed by atoms with Gasteiger partial charge in [0, 0.05) is 0 Å². The quantitative estimate of drug-likeness (QED) is 0.587. The number of rotatable bonds is 0. The highest BCUT2D eigenvalue weighted by Crippen LogP contribution is 2.33. The standard InChI is InChI=1S/C6H13NS2/c1-4-7-5(2)9-6(3)8-4/h4-7H,1-3H3/t4-,5+,6?. The van der Waals surface area contributed by atoms with Gasteiger partial charge in [-0.2, -0.15) is 0 Å². The number of hydrogen-bond acceptors (Lipinski definition) is 3. The van der Waals surface area contributed by atoms with E-state index in [-0.39, 0.29) is 0 Å². The van der Waals surface area contributed by atoms with Crippen LogP contribution in [0.25, 0.3) is 0 Å². The maximum Gasteiger partial charge on any atom is 0.0522 e. The smallest absolute Gasteiger partial charge is 0.0522 e. The first kappa shape index (κ1) is 7.76. The van der Waals surface area contributed by atoms with E-state index in [1.165, 1.54) is 0 Å². The normalized spacial score (nSPS) is 45.0. The second kappa shape index (κ2) is 3.17. The van der Waals surface area contributed by atoms with Gasteiger partial charge < -0.3 is 0 Å². The number of nitrogens with one attached hydrogen (secondary N) is 1. The van der Waals surface area contributed by atoms with Crippen molar-refractivity contribution in [1.29, 1.82) is 0 Å². The van der Waals surface area contributed by atoms with Crippen molar-refractivity contribution < 1.29 is 0 Å². The Hall–Kier alpha value is 0.660. The third-order valence-corrected chi connectivity index (χ3v) is 3.78. The Kier molecular flexibility index (Phi) is 2.73. The first-order valence-corrected chi connectivity index (χ1v) is 5.14. The van der Waals surface area contributed by atoms with E-state index >= 15 is 0 Å². The summed E-state index contributed by atoms with van der Waals surface area (Å²) in [5, 5.41) is 4.71. The minimum atomic E-state index is 0.635. The highest BCUT2D eigenvalue weighted by molar-refractivity contribution is 8.18. The summed E-state index contributed by atoms with van der Waals surface area (Å²) in [5.41, 5.74) is 0. The van der Waals surface area contributed by atoms with E-state index in [4.69, 9.17) is 0 Å². The van der Waals surface area contributed by atoms with Crippen molar-refractivity contribution in [2.45, 2.75) is 36.1 Å². The zero-order valence-electron chi connectivity index (χ0n) is 6.05. The van der Waals surface area contributed by atoms with Crippen molar-refractivity contribution in [3.8, 4) is 0 Å². The number of thioether (sulfide) groups is 2. The molecule has 0 aromatic carbocycles. The predicted octanol–water partition coefficient (Wildman–Crippen LogP) is 2.09. The third kappa shape index (κ3) is 2.40. The molecule has 1 nitrogen and oxygen atoms in total. The molecule has 1 unspecified atom stereocenters. The minimum Gasteiger partial charge on any atom is -0.294 e. The van der Waals surface area contributed by atoms with Crippen LogP contribution < -0.4 is 5.32 Å². The summed E-state index contributed by atoms with van der Waals surface area (Å²) in [6, 6.07) is 0. The summed E-state index contributed by atoms with van der Waals surface area (Å²) in [5.74, 6) is 0. The molecule has 3 atom stereocenters. The Bertz CT molecular complexity index is 72.0. The van der Waals surface area contributed by atoms with Gasteiger partial charge in [-0.05, 0) is 20.8 Å². The van der Waals surface area contributed by atoms with Gasteiger partial charge in [0.25, 0.3) is 0 Å². The van der Waals surface area contributed by atoms with E-state index in [2.05, 4.69) is 26.1 Å². The Balaban J connectivity index is 2.34. The van der Waals surface area contributed by atoms with Gasteiger partial charge in [-0.15, -0.1) is 23.5 Å². The fraction of sp³-hybridized carbons (Fsp3) is 1.00. The fourth-order valence-electron chi connectivity index (χ4n) is 1.02. The average Bonchev–Trinajstić information content (AvgIpc) is 1.59. The van der Waals surface area contributed by atoms with Crippen LogP contribution in [0.5, 0.6) is 0 Å². The highest BCUT2D eigenvalue weighted by Gasteiger charge is 2.19. The van der Waals surface area contributed by atoms with Crippen molar-refractivity contribution in [2.24, 2.45) is 0 Å². The molecule has 0 amide bonds. The molecule has 1 rings (SSSR count). The predicted molar refractivity (Wildman–Crippen MR) is 46.7 cm³/mol. The second-order valence-corrected chi connectivity index (χ2v) is 5.96. The van der Waals surface area contributed by atoms with Crippen LogP contribution in [-0.4, -0.2) is 15.3 Å². The molecule has 0 radical (unpaired) electrons. The van der Waals surface area contributed by atoms with E-state index in [1.807, 2.05) is 23.5 Å². The molecule has 1 aliphatic rings. The van der Waals surface area contributed by atoms with Crippen LogP contribution in [0.4, 0.5) is 0 Å². The van der Waals surface area contributed by atoms with Crippen LogP contribution in [0.1, 0.15) is 20.8 Å². The van der Waals surface area contributed by atoms with Crippen LogP contribution in [0.15, 0.2) is 0 Å². The van der Waals surface area contributed by atoms with E-state index in [0.29, 0.717) is 10.7 Å². The summed E-state index contributed by atoms with van der Waals surface area (Å²) in [7, 11) is 0. The second-order valence-electron chi connectivity index (χ2n) is 2.29. The maximum atomic E-state index is 3.44. The van der Waals surface area contributed by atoms with E-state index in [0.717, 1.165) is 4.58 Å². The van der Waals surface area contributed by atoms with Crippen LogP contribution in [0, 0.1) is 0 Å². The molecule has 0 spiro atoms. The van der Waals surface area contributed by atoms with Crippen molar-refractivity contribution in [3.63, 3.8) is 0 Å². The van der Waals surface area contributed by atoms with Crippen molar-refractivity contribution in [1.82, 2.24) is 5.32 Å². The minimum absolute atomic E-state index is 0.635. The first-order chi connectivity index (χ1) is 4.18. The van der Waals surface area contributed by atoms with Gasteiger partial charge in [0.05, 0.1) is 15.3 Å². The number of hydrogen-bond donors (Lipinski definition) is 1. The van der Waals surface area contributed by atoms with Crippen LogP contribution >= 0.6 is 23.5 Å².